The Morgan fingerprint density at radius 1 is 1.12 bits per heavy atom. The smallest absolute Gasteiger partial charge is 0.308 e. The van der Waals surface area contributed by atoms with E-state index in [0.717, 1.165) is 39.1 Å². The van der Waals surface area contributed by atoms with Gasteiger partial charge in [-0.05, 0) is 37.5 Å². The van der Waals surface area contributed by atoms with E-state index in [4.69, 9.17) is 4.74 Å². The fourth-order valence-corrected chi connectivity index (χ4v) is 3.47. The molecular formula is C13H21NO3. The van der Waals surface area contributed by atoms with E-state index in [2.05, 4.69) is 4.90 Å². The topological polar surface area (TPSA) is 49.8 Å². The molecule has 3 fully saturated rings. The van der Waals surface area contributed by atoms with Crippen LogP contribution in [-0.2, 0) is 9.53 Å². The summed E-state index contributed by atoms with van der Waals surface area (Å²) in [6, 6.07) is 0.564. The molecule has 1 aliphatic carbocycles. The van der Waals surface area contributed by atoms with Crippen LogP contribution in [0.1, 0.15) is 25.7 Å². The average molecular weight is 239 g/mol. The van der Waals surface area contributed by atoms with Crippen LogP contribution in [0.15, 0.2) is 0 Å². The molecule has 4 heteroatoms. The number of aliphatic carboxylic acids is 1. The Morgan fingerprint density at radius 2 is 1.82 bits per heavy atom. The molecule has 0 aromatic rings. The summed E-state index contributed by atoms with van der Waals surface area (Å²) in [5.41, 5.74) is 0. The molecule has 0 amide bonds. The lowest BCUT2D eigenvalue weighted by Crippen LogP contribution is -2.38. The number of carboxylic acid groups (broad SMARTS) is 1. The molecule has 0 aromatic carbocycles. The van der Waals surface area contributed by atoms with E-state index in [1.54, 1.807) is 0 Å². The highest BCUT2D eigenvalue weighted by Gasteiger charge is 2.46. The van der Waals surface area contributed by atoms with Gasteiger partial charge < -0.3 is 9.84 Å². The standard InChI is InChI=1S/C13H21NO3/c15-13(16)12-8-14(7-11(12)9-1-2-9)10-3-5-17-6-4-10/h9-12H,1-8H2,(H,15,16)/t11-,12+/m0/s1. The molecular weight excluding hydrogens is 218 g/mol. The first-order valence-corrected chi connectivity index (χ1v) is 6.80. The predicted octanol–water partition coefficient (Wildman–Crippen LogP) is 1.21. The van der Waals surface area contributed by atoms with Crippen LogP contribution in [-0.4, -0.2) is 48.3 Å². The van der Waals surface area contributed by atoms with E-state index in [-0.39, 0.29) is 5.92 Å². The summed E-state index contributed by atoms with van der Waals surface area (Å²) in [5.74, 6) is 0.401. The van der Waals surface area contributed by atoms with Crippen molar-refractivity contribution in [3.8, 4) is 0 Å². The van der Waals surface area contributed by atoms with Crippen molar-refractivity contribution in [2.45, 2.75) is 31.7 Å². The van der Waals surface area contributed by atoms with Gasteiger partial charge in [0.1, 0.15) is 0 Å². The van der Waals surface area contributed by atoms with Gasteiger partial charge in [0.15, 0.2) is 0 Å². The van der Waals surface area contributed by atoms with E-state index in [1.165, 1.54) is 12.8 Å². The Labute approximate surface area is 102 Å². The zero-order valence-electron chi connectivity index (χ0n) is 10.2. The Bertz CT molecular complexity index is 297. The molecule has 2 atom stereocenters. The molecule has 0 bridgehead atoms. The molecule has 0 unspecified atom stereocenters. The minimum Gasteiger partial charge on any atom is -0.481 e. The zero-order chi connectivity index (χ0) is 11.8. The van der Waals surface area contributed by atoms with Gasteiger partial charge in [-0.2, -0.15) is 0 Å². The quantitative estimate of drug-likeness (QED) is 0.804. The lowest BCUT2D eigenvalue weighted by atomic mass is 9.92. The average Bonchev–Trinajstić information content (AvgIpc) is 3.09. The van der Waals surface area contributed by atoms with Gasteiger partial charge in [-0.15, -0.1) is 0 Å². The van der Waals surface area contributed by atoms with E-state index >= 15 is 0 Å². The second-order valence-corrected chi connectivity index (χ2v) is 5.74. The van der Waals surface area contributed by atoms with Crippen LogP contribution in [0.2, 0.25) is 0 Å². The molecule has 4 nitrogen and oxygen atoms in total. The van der Waals surface area contributed by atoms with E-state index < -0.39 is 5.97 Å². The number of carboxylic acids is 1. The monoisotopic (exact) mass is 239 g/mol. The van der Waals surface area contributed by atoms with Crippen LogP contribution in [0, 0.1) is 17.8 Å². The summed E-state index contributed by atoms with van der Waals surface area (Å²) in [6.07, 6.45) is 4.64. The zero-order valence-corrected chi connectivity index (χ0v) is 10.2. The molecule has 0 radical (unpaired) electrons. The summed E-state index contributed by atoms with van der Waals surface area (Å²) < 4.78 is 5.38. The maximum absolute atomic E-state index is 11.3. The maximum Gasteiger partial charge on any atom is 0.308 e. The molecule has 3 aliphatic rings. The molecule has 1 saturated carbocycles. The Hall–Kier alpha value is -0.610. The van der Waals surface area contributed by atoms with Gasteiger partial charge in [0.25, 0.3) is 0 Å². The second kappa shape index (κ2) is 4.58. The predicted molar refractivity (Wildman–Crippen MR) is 62.8 cm³/mol. The highest BCUT2D eigenvalue weighted by molar-refractivity contribution is 5.71. The first-order valence-electron chi connectivity index (χ1n) is 6.80. The number of ether oxygens (including phenoxy) is 1. The first-order chi connectivity index (χ1) is 8.25. The highest BCUT2D eigenvalue weighted by atomic mass is 16.5. The summed E-state index contributed by atoms with van der Waals surface area (Å²) in [5, 5.41) is 9.33. The van der Waals surface area contributed by atoms with Crippen LogP contribution in [0.25, 0.3) is 0 Å². The van der Waals surface area contributed by atoms with Crippen molar-refractivity contribution in [3.05, 3.63) is 0 Å². The third-order valence-corrected chi connectivity index (χ3v) is 4.65. The molecule has 2 heterocycles. The van der Waals surface area contributed by atoms with E-state index in [1.807, 2.05) is 0 Å². The largest absolute Gasteiger partial charge is 0.481 e. The minimum absolute atomic E-state index is 0.120. The summed E-state index contributed by atoms with van der Waals surface area (Å²) in [4.78, 5) is 13.7. The van der Waals surface area contributed by atoms with Gasteiger partial charge in [0, 0.05) is 32.3 Å². The summed E-state index contributed by atoms with van der Waals surface area (Å²) in [6.45, 7) is 3.45. The van der Waals surface area contributed by atoms with Gasteiger partial charge in [0.05, 0.1) is 5.92 Å². The van der Waals surface area contributed by atoms with Crippen molar-refractivity contribution in [1.29, 1.82) is 0 Å². The number of hydrogen-bond donors (Lipinski definition) is 1. The molecule has 0 spiro atoms. The van der Waals surface area contributed by atoms with Crippen molar-refractivity contribution in [2.75, 3.05) is 26.3 Å². The Kier molecular flexibility index (Phi) is 3.09. The fraction of sp³-hybridized carbons (Fsp3) is 0.923. The van der Waals surface area contributed by atoms with Crippen LogP contribution in [0.5, 0.6) is 0 Å². The highest BCUT2D eigenvalue weighted by Crippen LogP contribution is 2.44. The van der Waals surface area contributed by atoms with Crippen LogP contribution < -0.4 is 0 Å². The lowest BCUT2D eigenvalue weighted by molar-refractivity contribution is -0.142. The SMILES string of the molecule is O=C(O)[C@@H]1CN(C2CCOCC2)C[C@H]1C1CC1. The van der Waals surface area contributed by atoms with Crippen molar-refractivity contribution < 1.29 is 14.6 Å². The molecule has 96 valence electrons. The van der Waals surface area contributed by atoms with Crippen LogP contribution in [0.4, 0.5) is 0 Å². The van der Waals surface area contributed by atoms with Gasteiger partial charge in [-0.3, -0.25) is 9.69 Å². The third kappa shape index (κ3) is 2.33. The molecule has 0 aromatic heterocycles. The lowest BCUT2D eigenvalue weighted by Gasteiger charge is -2.31. The third-order valence-electron chi connectivity index (χ3n) is 4.65. The molecule has 2 saturated heterocycles. The summed E-state index contributed by atoms with van der Waals surface area (Å²) in [7, 11) is 0. The number of likely N-dealkylation sites (tertiary alicyclic amines) is 1. The van der Waals surface area contributed by atoms with Gasteiger partial charge in [0.2, 0.25) is 0 Å². The number of hydrogen-bond acceptors (Lipinski definition) is 3. The maximum atomic E-state index is 11.3. The number of rotatable bonds is 3. The normalized spacial score (nSPS) is 36.2. The van der Waals surface area contributed by atoms with Crippen LogP contribution >= 0.6 is 0 Å². The van der Waals surface area contributed by atoms with Crippen molar-refractivity contribution in [2.24, 2.45) is 17.8 Å². The van der Waals surface area contributed by atoms with Crippen molar-refractivity contribution in [3.63, 3.8) is 0 Å². The Morgan fingerprint density at radius 3 is 2.41 bits per heavy atom. The van der Waals surface area contributed by atoms with E-state index in [0.29, 0.717) is 17.9 Å². The number of carbonyl (C=O) groups is 1. The van der Waals surface area contributed by atoms with Crippen molar-refractivity contribution in [1.82, 2.24) is 4.90 Å². The molecule has 1 N–H and O–H groups in total. The van der Waals surface area contributed by atoms with Crippen LogP contribution in [0.3, 0.4) is 0 Å². The van der Waals surface area contributed by atoms with Crippen molar-refractivity contribution >= 4 is 5.97 Å². The van der Waals surface area contributed by atoms with Gasteiger partial charge in [-0.1, -0.05) is 0 Å². The number of nitrogens with zero attached hydrogens (tertiary/aromatic N) is 1. The summed E-state index contributed by atoms with van der Waals surface area (Å²) >= 11 is 0. The van der Waals surface area contributed by atoms with Gasteiger partial charge >= 0.3 is 5.97 Å². The van der Waals surface area contributed by atoms with Gasteiger partial charge in [-0.25, -0.2) is 0 Å². The molecule has 17 heavy (non-hydrogen) atoms. The Balaban J connectivity index is 1.65. The first kappa shape index (κ1) is 11.5. The van der Waals surface area contributed by atoms with E-state index in [9.17, 15) is 9.90 Å². The second-order valence-electron chi connectivity index (χ2n) is 5.74. The molecule has 2 aliphatic heterocycles. The fourth-order valence-electron chi connectivity index (χ4n) is 3.47. The molecule has 3 rings (SSSR count). The minimum atomic E-state index is -0.587.